The molecule has 0 aliphatic rings. The van der Waals surface area contributed by atoms with Crippen molar-refractivity contribution in [3.63, 3.8) is 0 Å². The van der Waals surface area contributed by atoms with E-state index in [9.17, 15) is 4.21 Å². The van der Waals surface area contributed by atoms with E-state index in [4.69, 9.17) is 11.6 Å². The van der Waals surface area contributed by atoms with Crippen molar-refractivity contribution in [2.75, 3.05) is 0 Å². The van der Waals surface area contributed by atoms with Gasteiger partial charge >= 0.3 is 0 Å². The van der Waals surface area contributed by atoms with Crippen LogP contribution >= 0.6 is 11.6 Å². The summed E-state index contributed by atoms with van der Waals surface area (Å²) >= 11 is 5.76. The number of aromatic nitrogens is 1. The van der Waals surface area contributed by atoms with E-state index in [0.29, 0.717) is 5.02 Å². The van der Waals surface area contributed by atoms with Gasteiger partial charge in [-0.25, -0.2) is 4.21 Å². The summed E-state index contributed by atoms with van der Waals surface area (Å²) in [5.41, 5.74) is 0. The molecular weight excluding hydrogens is 230 g/mol. The van der Waals surface area contributed by atoms with Crippen LogP contribution in [0.4, 0.5) is 0 Å². The molecular formula is C11H10ClNOS. The molecule has 1 aromatic carbocycles. The molecule has 2 nitrogen and oxygen atoms in total. The minimum absolute atomic E-state index is 0.656. The predicted octanol–water partition coefficient (Wildman–Crippen LogP) is 2.85. The molecule has 0 saturated heterocycles. The molecule has 2 aromatic rings. The molecule has 4 heteroatoms. The zero-order valence-corrected chi connectivity index (χ0v) is 9.76. The highest BCUT2D eigenvalue weighted by Gasteiger charge is 2.07. The molecule has 0 aliphatic heterocycles. The Hall–Kier alpha value is -1.06. The van der Waals surface area contributed by atoms with Crippen LogP contribution in [0.5, 0.6) is 0 Å². The number of aryl methyl sites for hydroxylation is 1. The minimum atomic E-state index is -1.11. The van der Waals surface area contributed by atoms with Gasteiger partial charge in [-0.05, 0) is 30.3 Å². The molecule has 1 atom stereocenters. The standard InChI is InChI=1S/C11H10ClNOS/c1-13-7-6-11(8-13)15(14)10-4-2-9(12)3-5-10/h2-8H,1H3. The van der Waals surface area contributed by atoms with Gasteiger partial charge in [-0.2, -0.15) is 0 Å². The van der Waals surface area contributed by atoms with Crippen molar-refractivity contribution in [3.8, 4) is 0 Å². The first-order chi connectivity index (χ1) is 7.16. The summed E-state index contributed by atoms with van der Waals surface area (Å²) in [4.78, 5) is 1.57. The molecule has 1 unspecified atom stereocenters. The Kier molecular flexibility index (Phi) is 2.93. The number of hydrogen-bond donors (Lipinski definition) is 0. The zero-order valence-electron chi connectivity index (χ0n) is 8.18. The Bertz CT molecular complexity index is 490. The van der Waals surface area contributed by atoms with E-state index in [2.05, 4.69) is 0 Å². The molecule has 0 fully saturated rings. The fourth-order valence-electron chi connectivity index (χ4n) is 1.28. The van der Waals surface area contributed by atoms with Gasteiger partial charge in [-0.1, -0.05) is 11.6 Å². The van der Waals surface area contributed by atoms with Gasteiger partial charge in [0.1, 0.15) is 0 Å². The molecule has 2 rings (SSSR count). The number of benzene rings is 1. The molecule has 1 heterocycles. The van der Waals surface area contributed by atoms with Gasteiger partial charge < -0.3 is 4.57 Å². The first kappa shape index (κ1) is 10.5. The van der Waals surface area contributed by atoms with Gasteiger partial charge in [0.2, 0.25) is 0 Å². The lowest BCUT2D eigenvalue weighted by atomic mass is 10.4. The highest BCUT2D eigenvalue weighted by molar-refractivity contribution is 7.85. The number of nitrogens with zero attached hydrogens (tertiary/aromatic N) is 1. The number of rotatable bonds is 2. The van der Waals surface area contributed by atoms with Crippen LogP contribution in [-0.4, -0.2) is 8.78 Å². The van der Waals surface area contributed by atoms with Crippen LogP contribution in [0, 0.1) is 0 Å². The largest absolute Gasteiger partial charge is 0.356 e. The fraction of sp³-hybridized carbons (Fsp3) is 0.0909. The van der Waals surface area contributed by atoms with E-state index in [1.807, 2.05) is 30.1 Å². The van der Waals surface area contributed by atoms with Gasteiger partial charge in [0, 0.05) is 29.4 Å². The second kappa shape index (κ2) is 4.21. The second-order valence-corrected chi connectivity index (χ2v) is 5.15. The minimum Gasteiger partial charge on any atom is -0.356 e. The van der Waals surface area contributed by atoms with Gasteiger partial charge in [-0.3, -0.25) is 0 Å². The summed E-state index contributed by atoms with van der Waals surface area (Å²) in [6.07, 6.45) is 3.73. The summed E-state index contributed by atoms with van der Waals surface area (Å²) < 4.78 is 13.9. The zero-order chi connectivity index (χ0) is 10.8. The van der Waals surface area contributed by atoms with Gasteiger partial charge in [0.05, 0.1) is 15.7 Å². The monoisotopic (exact) mass is 239 g/mol. The average molecular weight is 240 g/mol. The Balaban J connectivity index is 2.32. The smallest absolute Gasteiger partial charge is 0.0865 e. The highest BCUT2D eigenvalue weighted by atomic mass is 35.5. The van der Waals surface area contributed by atoms with Crippen molar-refractivity contribution in [3.05, 3.63) is 47.7 Å². The molecule has 0 saturated carbocycles. The van der Waals surface area contributed by atoms with Crippen LogP contribution in [0.2, 0.25) is 5.02 Å². The highest BCUT2D eigenvalue weighted by Crippen LogP contribution is 2.18. The molecule has 0 bridgehead atoms. The lowest BCUT2D eigenvalue weighted by molar-refractivity contribution is 0.683. The van der Waals surface area contributed by atoms with E-state index in [-0.39, 0.29) is 0 Å². The van der Waals surface area contributed by atoms with Gasteiger partial charge in [0.25, 0.3) is 0 Å². The van der Waals surface area contributed by atoms with Crippen LogP contribution in [0.1, 0.15) is 0 Å². The van der Waals surface area contributed by atoms with Crippen molar-refractivity contribution >= 4 is 22.4 Å². The first-order valence-electron chi connectivity index (χ1n) is 4.46. The van der Waals surface area contributed by atoms with Crippen molar-refractivity contribution in [2.24, 2.45) is 7.05 Å². The quantitative estimate of drug-likeness (QED) is 0.790. The molecule has 0 amide bonds. The lowest BCUT2D eigenvalue weighted by Gasteiger charge is -1.99. The van der Waals surface area contributed by atoms with Gasteiger partial charge in [0.15, 0.2) is 0 Å². The third kappa shape index (κ3) is 2.30. The van der Waals surface area contributed by atoms with Gasteiger partial charge in [-0.15, -0.1) is 0 Å². The first-order valence-corrected chi connectivity index (χ1v) is 5.99. The Morgan fingerprint density at radius 3 is 2.33 bits per heavy atom. The maximum absolute atomic E-state index is 12.0. The fourth-order valence-corrected chi connectivity index (χ4v) is 2.51. The SMILES string of the molecule is Cn1ccc(S(=O)c2ccc(Cl)cc2)c1. The van der Waals surface area contributed by atoms with Crippen molar-refractivity contribution in [1.29, 1.82) is 0 Å². The lowest BCUT2D eigenvalue weighted by Crippen LogP contribution is -1.90. The summed E-state index contributed by atoms with van der Waals surface area (Å²) in [6.45, 7) is 0. The Morgan fingerprint density at radius 1 is 1.13 bits per heavy atom. The van der Waals surface area contributed by atoms with Crippen molar-refractivity contribution in [1.82, 2.24) is 4.57 Å². The molecule has 0 N–H and O–H groups in total. The summed E-state index contributed by atoms with van der Waals surface area (Å²) in [7, 11) is 0.792. The van der Waals surface area contributed by atoms with Crippen LogP contribution < -0.4 is 0 Å². The second-order valence-electron chi connectivity index (χ2n) is 3.24. The van der Waals surface area contributed by atoms with E-state index in [0.717, 1.165) is 9.79 Å². The average Bonchev–Trinajstić information content (AvgIpc) is 2.65. The van der Waals surface area contributed by atoms with Crippen LogP contribution in [-0.2, 0) is 17.8 Å². The van der Waals surface area contributed by atoms with Crippen molar-refractivity contribution in [2.45, 2.75) is 9.79 Å². The molecule has 0 spiro atoms. The third-order valence-electron chi connectivity index (χ3n) is 2.05. The third-order valence-corrected chi connectivity index (χ3v) is 3.67. The van der Waals surface area contributed by atoms with Crippen LogP contribution in [0.3, 0.4) is 0 Å². The molecule has 1 aromatic heterocycles. The van der Waals surface area contributed by atoms with E-state index in [1.165, 1.54) is 0 Å². The Morgan fingerprint density at radius 2 is 1.80 bits per heavy atom. The topological polar surface area (TPSA) is 22.0 Å². The van der Waals surface area contributed by atoms with E-state index >= 15 is 0 Å². The van der Waals surface area contributed by atoms with Crippen LogP contribution in [0.15, 0.2) is 52.5 Å². The Labute approximate surface area is 96.0 Å². The molecule has 15 heavy (non-hydrogen) atoms. The summed E-state index contributed by atoms with van der Waals surface area (Å²) in [6, 6.07) is 8.91. The predicted molar refractivity (Wildman–Crippen MR) is 61.5 cm³/mol. The maximum atomic E-state index is 12.0. The van der Waals surface area contributed by atoms with Crippen LogP contribution in [0.25, 0.3) is 0 Å². The molecule has 78 valence electrons. The maximum Gasteiger partial charge on any atom is 0.0865 e. The van der Waals surface area contributed by atoms with E-state index in [1.54, 1.807) is 24.3 Å². The molecule has 0 radical (unpaired) electrons. The van der Waals surface area contributed by atoms with E-state index < -0.39 is 10.8 Å². The normalized spacial score (nSPS) is 12.7. The number of hydrogen-bond acceptors (Lipinski definition) is 1. The van der Waals surface area contributed by atoms with Crippen molar-refractivity contribution < 1.29 is 4.21 Å². The molecule has 0 aliphatic carbocycles. The number of halogens is 1. The summed E-state index contributed by atoms with van der Waals surface area (Å²) in [5, 5.41) is 0.656. The summed E-state index contributed by atoms with van der Waals surface area (Å²) in [5.74, 6) is 0.